The van der Waals surface area contributed by atoms with Crippen LogP contribution >= 0.6 is 0 Å². The molecule has 1 aliphatic rings. The van der Waals surface area contributed by atoms with Gasteiger partial charge in [0.1, 0.15) is 5.52 Å². The van der Waals surface area contributed by atoms with Crippen molar-refractivity contribution in [3.63, 3.8) is 0 Å². The zero-order valence-electron chi connectivity index (χ0n) is 16.4. The molecule has 1 atom stereocenters. The van der Waals surface area contributed by atoms with Crippen LogP contribution in [0.3, 0.4) is 0 Å². The molecule has 6 heteroatoms. The minimum Gasteiger partial charge on any atom is -0.387 e. The third-order valence-corrected chi connectivity index (χ3v) is 5.02. The summed E-state index contributed by atoms with van der Waals surface area (Å²) < 4.78 is 0. The van der Waals surface area contributed by atoms with Gasteiger partial charge in [0.2, 0.25) is 0 Å². The topological polar surface area (TPSA) is 91.2 Å². The molecule has 0 unspecified atom stereocenters. The summed E-state index contributed by atoms with van der Waals surface area (Å²) >= 11 is 0. The summed E-state index contributed by atoms with van der Waals surface area (Å²) in [5, 5.41) is 9.99. The van der Waals surface area contributed by atoms with Crippen molar-refractivity contribution in [2.24, 2.45) is 10.4 Å². The van der Waals surface area contributed by atoms with Gasteiger partial charge < -0.3 is 10.1 Å². The van der Waals surface area contributed by atoms with Gasteiger partial charge in [-0.1, -0.05) is 32.9 Å². The standard InChI is InChI=1S/C22H24N4O2/c1-22(2,3)20(28)15-11-23-21-19(15)26-17(12-24-21)13-6-4-7-14(10-13)25-16-8-5-9-18(16)27/h4,6-7,10-12,18,27H,5,8-9H2,1-3H3,(H,23,24)/t18-/m0/s1. The molecule has 0 bridgehead atoms. The van der Waals surface area contributed by atoms with E-state index in [9.17, 15) is 9.90 Å². The first-order valence-electron chi connectivity index (χ1n) is 9.58. The first-order valence-corrected chi connectivity index (χ1v) is 9.58. The van der Waals surface area contributed by atoms with Crippen LogP contribution in [-0.4, -0.2) is 37.7 Å². The van der Waals surface area contributed by atoms with E-state index in [-0.39, 0.29) is 5.78 Å². The fraction of sp³-hybridized carbons (Fsp3) is 0.364. The first kappa shape index (κ1) is 18.5. The lowest BCUT2D eigenvalue weighted by Gasteiger charge is -2.15. The molecule has 2 N–H and O–H groups in total. The van der Waals surface area contributed by atoms with Crippen molar-refractivity contribution in [3.8, 4) is 11.3 Å². The molecule has 1 aliphatic carbocycles. The summed E-state index contributed by atoms with van der Waals surface area (Å²) in [6, 6.07) is 7.72. The highest BCUT2D eigenvalue weighted by molar-refractivity contribution is 6.08. The molecule has 6 nitrogen and oxygen atoms in total. The number of hydrogen-bond donors (Lipinski definition) is 2. The summed E-state index contributed by atoms with van der Waals surface area (Å²) in [5.41, 5.74) is 4.43. The number of Topliss-reactive ketones (excluding diaryl/α,β-unsaturated/α-hetero) is 1. The number of aliphatic imine (C=N–C) groups is 1. The van der Waals surface area contributed by atoms with E-state index in [1.807, 2.05) is 45.0 Å². The minimum absolute atomic E-state index is 0.0283. The zero-order valence-corrected chi connectivity index (χ0v) is 16.4. The number of rotatable bonds is 3. The van der Waals surface area contributed by atoms with Crippen LogP contribution in [0.5, 0.6) is 0 Å². The van der Waals surface area contributed by atoms with Crippen LogP contribution in [0.25, 0.3) is 22.4 Å². The number of carbonyl (C=O) groups is 1. The van der Waals surface area contributed by atoms with Gasteiger partial charge in [-0.25, -0.2) is 9.97 Å². The summed E-state index contributed by atoms with van der Waals surface area (Å²) in [6.45, 7) is 5.68. The maximum absolute atomic E-state index is 12.7. The van der Waals surface area contributed by atoms with E-state index >= 15 is 0 Å². The molecule has 2 heterocycles. The summed E-state index contributed by atoms with van der Waals surface area (Å²) in [4.78, 5) is 29.5. The van der Waals surface area contributed by atoms with Gasteiger partial charge in [0.05, 0.1) is 29.2 Å². The van der Waals surface area contributed by atoms with E-state index < -0.39 is 11.5 Å². The molecular formula is C22H24N4O2. The Morgan fingerprint density at radius 1 is 1.32 bits per heavy atom. The second kappa shape index (κ2) is 6.95. The highest BCUT2D eigenvalue weighted by atomic mass is 16.3. The number of aromatic nitrogens is 3. The number of nitrogens with zero attached hydrogens (tertiary/aromatic N) is 3. The second-order valence-electron chi connectivity index (χ2n) is 8.30. The smallest absolute Gasteiger partial charge is 0.171 e. The second-order valence-corrected chi connectivity index (χ2v) is 8.30. The summed E-state index contributed by atoms with van der Waals surface area (Å²) in [7, 11) is 0. The molecule has 0 amide bonds. The van der Waals surface area contributed by atoms with Crippen LogP contribution in [0.15, 0.2) is 41.7 Å². The van der Waals surface area contributed by atoms with Crippen molar-refractivity contribution in [2.75, 3.05) is 0 Å². The number of benzene rings is 1. The lowest BCUT2D eigenvalue weighted by Crippen LogP contribution is -2.20. The fourth-order valence-electron chi connectivity index (χ4n) is 3.45. The van der Waals surface area contributed by atoms with Crippen molar-refractivity contribution >= 4 is 28.3 Å². The molecule has 2 aromatic heterocycles. The van der Waals surface area contributed by atoms with E-state index in [2.05, 4.69) is 15.0 Å². The molecule has 144 valence electrons. The molecule has 0 saturated heterocycles. The molecule has 1 fully saturated rings. The van der Waals surface area contributed by atoms with E-state index in [0.717, 1.165) is 36.2 Å². The predicted octanol–water partition coefficient (Wildman–Crippen LogP) is 4.47. The number of H-pyrrole nitrogens is 1. The number of ketones is 1. The molecule has 3 aromatic rings. The quantitative estimate of drug-likeness (QED) is 0.660. The van der Waals surface area contributed by atoms with Crippen molar-refractivity contribution < 1.29 is 9.90 Å². The normalized spacial score (nSPS) is 18.9. The first-order chi connectivity index (χ1) is 13.3. The minimum atomic E-state index is -0.495. The van der Waals surface area contributed by atoms with Gasteiger partial charge in [-0.3, -0.25) is 9.79 Å². The van der Waals surface area contributed by atoms with Crippen LogP contribution in [0.2, 0.25) is 0 Å². The van der Waals surface area contributed by atoms with E-state index in [0.29, 0.717) is 22.4 Å². The van der Waals surface area contributed by atoms with Crippen LogP contribution < -0.4 is 0 Å². The Bertz CT molecular complexity index is 1080. The molecule has 0 radical (unpaired) electrons. The van der Waals surface area contributed by atoms with Gasteiger partial charge in [-0.05, 0) is 31.4 Å². The number of aliphatic hydroxyl groups excluding tert-OH is 1. The van der Waals surface area contributed by atoms with Crippen LogP contribution in [0.1, 0.15) is 50.4 Å². The number of carbonyl (C=O) groups excluding carboxylic acids is 1. The van der Waals surface area contributed by atoms with Gasteiger partial charge >= 0.3 is 0 Å². The number of fused-ring (bicyclic) bond motifs is 1. The van der Waals surface area contributed by atoms with Gasteiger partial charge in [0.25, 0.3) is 0 Å². The SMILES string of the molecule is CC(C)(C)C(=O)c1c[nH]c2ncc(-c3cccc(N=C4CCC[C@@H]4O)c3)nc12. The van der Waals surface area contributed by atoms with Crippen molar-refractivity contribution in [2.45, 2.75) is 46.1 Å². The zero-order chi connectivity index (χ0) is 19.9. The molecule has 1 saturated carbocycles. The van der Waals surface area contributed by atoms with Gasteiger partial charge in [-0.2, -0.15) is 0 Å². The Hall–Kier alpha value is -2.86. The lowest BCUT2D eigenvalue weighted by atomic mass is 9.87. The molecular weight excluding hydrogens is 352 g/mol. The predicted molar refractivity (Wildman–Crippen MR) is 110 cm³/mol. The van der Waals surface area contributed by atoms with Crippen LogP contribution in [-0.2, 0) is 0 Å². The maximum Gasteiger partial charge on any atom is 0.171 e. The van der Waals surface area contributed by atoms with Crippen LogP contribution in [0, 0.1) is 5.41 Å². The highest BCUT2D eigenvalue weighted by Crippen LogP contribution is 2.29. The van der Waals surface area contributed by atoms with E-state index in [1.54, 1.807) is 12.4 Å². The number of aromatic amines is 1. The molecule has 4 rings (SSSR count). The largest absolute Gasteiger partial charge is 0.387 e. The van der Waals surface area contributed by atoms with E-state index in [1.165, 1.54) is 0 Å². The van der Waals surface area contributed by atoms with E-state index in [4.69, 9.17) is 4.98 Å². The Labute approximate surface area is 163 Å². The Morgan fingerprint density at radius 3 is 2.86 bits per heavy atom. The maximum atomic E-state index is 12.7. The monoisotopic (exact) mass is 376 g/mol. The molecule has 0 spiro atoms. The number of aliphatic hydroxyl groups is 1. The van der Waals surface area contributed by atoms with Crippen molar-refractivity contribution in [1.82, 2.24) is 15.0 Å². The van der Waals surface area contributed by atoms with Crippen LogP contribution in [0.4, 0.5) is 5.69 Å². The summed E-state index contributed by atoms with van der Waals surface area (Å²) in [6.07, 6.45) is 5.52. The molecule has 0 aliphatic heterocycles. The average molecular weight is 376 g/mol. The van der Waals surface area contributed by atoms with Crippen molar-refractivity contribution in [1.29, 1.82) is 0 Å². The third-order valence-electron chi connectivity index (χ3n) is 5.02. The van der Waals surface area contributed by atoms with Crippen molar-refractivity contribution in [3.05, 3.63) is 42.2 Å². The molecule has 28 heavy (non-hydrogen) atoms. The summed E-state index contributed by atoms with van der Waals surface area (Å²) in [5.74, 6) is 0.0283. The third kappa shape index (κ3) is 3.47. The number of nitrogens with one attached hydrogen (secondary N) is 1. The van der Waals surface area contributed by atoms with Gasteiger partial charge in [0, 0.05) is 22.9 Å². The fourth-order valence-corrected chi connectivity index (χ4v) is 3.45. The Balaban J connectivity index is 1.74. The highest BCUT2D eigenvalue weighted by Gasteiger charge is 2.26. The van der Waals surface area contributed by atoms with Gasteiger partial charge in [0.15, 0.2) is 11.4 Å². The number of hydrogen-bond acceptors (Lipinski definition) is 5. The lowest BCUT2D eigenvalue weighted by molar-refractivity contribution is 0.0860. The Kier molecular flexibility index (Phi) is 4.59. The molecule has 1 aromatic carbocycles. The Morgan fingerprint density at radius 2 is 2.14 bits per heavy atom. The van der Waals surface area contributed by atoms with Gasteiger partial charge in [-0.15, -0.1) is 0 Å². The average Bonchev–Trinajstić information content (AvgIpc) is 3.26.